The van der Waals surface area contributed by atoms with Crippen LogP contribution in [0.25, 0.3) is 0 Å². The zero-order valence-electron chi connectivity index (χ0n) is 22.6. The monoisotopic (exact) mass is 588 g/mol. The molecule has 2 atom stereocenters. The Labute approximate surface area is 240 Å². The zero-order valence-corrected chi connectivity index (χ0v) is 23.3. The summed E-state index contributed by atoms with van der Waals surface area (Å²) < 4.78 is 31.2. The van der Waals surface area contributed by atoms with Crippen molar-refractivity contribution in [2.75, 3.05) is 37.9 Å². The Morgan fingerprint density at radius 1 is 1.15 bits per heavy atom. The van der Waals surface area contributed by atoms with Crippen LogP contribution in [0.2, 0.25) is 5.02 Å². The molecule has 0 radical (unpaired) electrons. The predicted octanol–water partition coefficient (Wildman–Crippen LogP) is 4.40. The van der Waals surface area contributed by atoms with Crippen molar-refractivity contribution in [3.63, 3.8) is 0 Å². The topological polar surface area (TPSA) is 135 Å². The van der Waals surface area contributed by atoms with E-state index in [1.807, 2.05) is 0 Å². The molecule has 1 spiro atoms. The Bertz CT molecular complexity index is 1380. The molecule has 1 saturated carbocycles. The molecule has 5 rings (SSSR count). The van der Waals surface area contributed by atoms with Crippen molar-refractivity contribution in [2.45, 2.75) is 49.3 Å². The van der Waals surface area contributed by atoms with Crippen molar-refractivity contribution < 1.29 is 37.8 Å². The number of likely N-dealkylation sites (tertiary alicyclic amines) is 1. The molecule has 3 N–H and O–H groups in total. The largest absolute Gasteiger partial charge is 0.453 e. The van der Waals surface area contributed by atoms with E-state index >= 15 is 4.39 Å². The molecular weight excluding hydrogens is 559 g/mol. The second-order valence-corrected chi connectivity index (χ2v) is 10.9. The second kappa shape index (κ2) is 11.2. The molecule has 41 heavy (non-hydrogen) atoms. The molecule has 13 heteroatoms. The van der Waals surface area contributed by atoms with Crippen molar-refractivity contribution in [1.29, 1.82) is 0 Å². The minimum absolute atomic E-state index is 0.0962. The Morgan fingerprint density at radius 2 is 1.88 bits per heavy atom. The van der Waals surface area contributed by atoms with Gasteiger partial charge in [0.1, 0.15) is 6.04 Å². The van der Waals surface area contributed by atoms with Crippen molar-refractivity contribution >= 4 is 47.0 Å². The number of halogens is 2. The van der Waals surface area contributed by atoms with Gasteiger partial charge < -0.3 is 24.4 Å². The first-order chi connectivity index (χ1) is 19.6. The van der Waals surface area contributed by atoms with E-state index in [0.29, 0.717) is 25.1 Å². The molecule has 2 unspecified atom stereocenters. The first-order valence-electron chi connectivity index (χ1n) is 13.2. The number of hydrogen-bond acceptors (Lipinski definition) is 7. The molecule has 0 bridgehead atoms. The van der Waals surface area contributed by atoms with E-state index in [9.17, 15) is 19.2 Å². The van der Waals surface area contributed by atoms with Gasteiger partial charge in [0.05, 0.1) is 35.5 Å². The van der Waals surface area contributed by atoms with Crippen LogP contribution < -0.4 is 16.0 Å². The molecule has 1 saturated heterocycles. The summed E-state index contributed by atoms with van der Waals surface area (Å²) in [6.45, 7) is 0.215. The molecule has 4 amide bonds. The molecule has 3 aliphatic rings. The smallest absolute Gasteiger partial charge is 0.412 e. The first kappa shape index (κ1) is 28.6. The van der Waals surface area contributed by atoms with Gasteiger partial charge in [0, 0.05) is 31.3 Å². The SMILES string of the molecule is COC(=O)Nc1ccc(C(=O)NC(CC2(OC)CC2)C(=O)N2CCCC3(C2)OC(=O)Nc2ccc(Cl)c(F)c23)cc1. The number of piperidine rings is 1. The number of nitrogens with zero attached hydrogens (tertiary/aromatic N) is 1. The molecule has 218 valence electrons. The molecule has 1 aliphatic carbocycles. The van der Waals surface area contributed by atoms with Crippen LogP contribution >= 0.6 is 11.6 Å². The van der Waals surface area contributed by atoms with E-state index in [1.54, 1.807) is 7.11 Å². The number of fused-ring (bicyclic) bond motifs is 2. The lowest BCUT2D eigenvalue weighted by atomic mass is 9.82. The fourth-order valence-corrected chi connectivity index (χ4v) is 5.66. The van der Waals surface area contributed by atoms with Crippen LogP contribution in [0.3, 0.4) is 0 Å². The third-order valence-corrected chi connectivity index (χ3v) is 8.13. The van der Waals surface area contributed by atoms with Gasteiger partial charge in [-0.2, -0.15) is 0 Å². The minimum Gasteiger partial charge on any atom is -0.453 e. The van der Waals surface area contributed by atoms with Gasteiger partial charge in [0.25, 0.3) is 5.91 Å². The summed E-state index contributed by atoms with van der Waals surface area (Å²) in [5.74, 6) is -1.61. The summed E-state index contributed by atoms with van der Waals surface area (Å²) in [5.41, 5.74) is -0.935. The van der Waals surface area contributed by atoms with Crippen LogP contribution in [0.1, 0.15) is 48.0 Å². The predicted molar refractivity (Wildman–Crippen MR) is 146 cm³/mol. The molecule has 0 aromatic heterocycles. The fraction of sp³-hybridized carbons (Fsp3) is 0.429. The maximum absolute atomic E-state index is 15.3. The third-order valence-electron chi connectivity index (χ3n) is 7.84. The highest BCUT2D eigenvalue weighted by Crippen LogP contribution is 2.46. The van der Waals surface area contributed by atoms with Gasteiger partial charge in [-0.15, -0.1) is 0 Å². The fourth-order valence-electron chi connectivity index (χ4n) is 5.50. The number of amides is 4. The number of carbonyl (C=O) groups is 4. The first-order valence-corrected chi connectivity index (χ1v) is 13.5. The van der Waals surface area contributed by atoms with Crippen molar-refractivity contribution in [3.8, 4) is 0 Å². The zero-order chi connectivity index (χ0) is 29.4. The highest BCUT2D eigenvalue weighted by molar-refractivity contribution is 6.31. The second-order valence-electron chi connectivity index (χ2n) is 10.5. The molecule has 11 nitrogen and oxygen atoms in total. The van der Waals surface area contributed by atoms with Crippen molar-refractivity contribution in [1.82, 2.24) is 10.2 Å². The van der Waals surface area contributed by atoms with Crippen molar-refractivity contribution in [2.24, 2.45) is 0 Å². The molecule has 2 aliphatic heterocycles. The third kappa shape index (κ3) is 5.80. The number of carbonyl (C=O) groups excluding carboxylic acids is 4. The summed E-state index contributed by atoms with van der Waals surface area (Å²) in [7, 11) is 2.81. The van der Waals surface area contributed by atoms with Gasteiger partial charge in [0.2, 0.25) is 5.91 Å². The minimum atomic E-state index is -1.43. The van der Waals surface area contributed by atoms with Crippen LogP contribution in [-0.4, -0.2) is 67.9 Å². The normalized spacial score (nSPS) is 21.2. The number of hydrogen-bond donors (Lipinski definition) is 3. The maximum Gasteiger partial charge on any atom is 0.412 e. The summed E-state index contributed by atoms with van der Waals surface area (Å²) in [6, 6.07) is 8.00. The number of benzene rings is 2. The highest BCUT2D eigenvalue weighted by Gasteiger charge is 2.51. The number of rotatable bonds is 7. The number of ether oxygens (including phenoxy) is 3. The van der Waals surface area contributed by atoms with E-state index in [0.717, 1.165) is 12.8 Å². The standard InChI is InChI=1S/C28H30ClFN4O7/c1-39-25(37)31-17-6-4-16(5-7-17)23(35)32-20(14-27(40-2)11-12-27)24(36)34-13-3-10-28(15-34)21-19(33-26(38)41-28)9-8-18(29)22(21)30/h4-9,20H,3,10-15H2,1-2H3,(H,31,37)(H,32,35)(H,33,38). The lowest BCUT2D eigenvalue weighted by Gasteiger charge is -2.45. The van der Waals surface area contributed by atoms with Gasteiger partial charge in [-0.25, -0.2) is 14.0 Å². The van der Waals surface area contributed by atoms with Crippen molar-refractivity contribution in [3.05, 3.63) is 58.4 Å². The summed E-state index contributed by atoms with van der Waals surface area (Å²) >= 11 is 6.07. The van der Waals surface area contributed by atoms with Gasteiger partial charge in [-0.1, -0.05) is 11.6 Å². The Morgan fingerprint density at radius 3 is 2.54 bits per heavy atom. The Kier molecular flexibility index (Phi) is 7.80. The summed E-state index contributed by atoms with van der Waals surface area (Å²) in [6.07, 6.45) is 1.03. The van der Waals surface area contributed by atoms with Gasteiger partial charge in [-0.3, -0.25) is 20.2 Å². The molecule has 2 aromatic rings. The van der Waals surface area contributed by atoms with E-state index in [4.69, 9.17) is 21.1 Å². The van der Waals surface area contributed by atoms with Gasteiger partial charge in [0.15, 0.2) is 11.4 Å². The number of anilines is 2. The van der Waals surface area contributed by atoms with Crippen LogP contribution in [0.5, 0.6) is 0 Å². The maximum atomic E-state index is 15.3. The van der Waals surface area contributed by atoms with Gasteiger partial charge >= 0.3 is 12.2 Å². The molecule has 2 aromatic carbocycles. The molecule has 2 fully saturated rings. The van der Waals surface area contributed by atoms with Crippen LogP contribution in [-0.2, 0) is 24.6 Å². The number of nitrogens with one attached hydrogen (secondary N) is 3. The molecule has 2 heterocycles. The quantitative estimate of drug-likeness (QED) is 0.436. The lowest BCUT2D eigenvalue weighted by Crippen LogP contribution is -2.58. The van der Waals surface area contributed by atoms with Crippen LogP contribution in [0.15, 0.2) is 36.4 Å². The number of methoxy groups -OCH3 is 2. The Balaban J connectivity index is 1.38. The van der Waals surface area contributed by atoms with Crippen LogP contribution in [0.4, 0.5) is 25.4 Å². The van der Waals surface area contributed by atoms with Gasteiger partial charge in [-0.05, 0) is 62.1 Å². The highest BCUT2D eigenvalue weighted by atomic mass is 35.5. The summed E-state index contributed by atoms with van der Waals surface area (Å²) in [4.78, 5) is 52.6. The van der Waals surface area contributed by atoms with E-state index in [1.165, 1.54) is 48.4 Å². The molecular formula is C28H30ClFN4O7. The van der Waals surface area contributed by atoms with E-state index in [2.05, 4.69) is 20.7 Å². The Hall–Kier alpha value is -3.90. The lowest BCUT2D eigenvalue weighted by molar-refractivity contribution is -0.142. The summed E-state index contributed by atoms with van der Waals surface area (Å²) in [5, 5.41) is 7.72. The van der Waals surface area contributed by atoms with E-state index < -0.39 is 47.1 Å². The van der Waals surface area contributed by atoms with Crippen LogP contribution in [0, 0.1) is 5.82 Å². The average molecular weight is 589 g/mol. The average Bonchev–Trinajstić information content (AvgIpc) is 3.74. The van der Waals surface area contributed by atoms with E-state index in [-0.39, 0.29) is 34.8 Å².